The summed E-state index contributed by atoms with van der Waals surface area (Å²) in [6, 6.07) is -1.80. The van der Waals surface area contributed by atoms with Crippen LogP contribution < -0.4 is 0 Å². The monoisotopic (exact) mass is 755 g/mol. The molecule has 0 saturated carbocycles. The third-order valence-electron chi connectivity index (χ3n) is 6.77. The molecule has 2 fully saturated rings. The first kappa shape index (κ1) is 40.5. The quantitative estimate of drug-likeness (QED) is 0.146. The van der Waals surface area contributed by atoms with Gasteiger partial charge in [-0.15, -0.1) is 0 Å². The molecule has 2 aliphatic rings. The Kier molecular flexibility index (Phi) is 14.4. The van der Waals surface area contributed by atoms with Crippen LogP contribution in [0.5, 0.6) is 0 Å². The number of alkyl halides is 1. The molecule has 0 aromatic carbocycles. The summed E-state index contributed by atoms with van der Waals surface area (Å²) >= 11 is 3.14. The number of amides is 2. The van der Waals surface area contributed by atoms with Crippen LogP contribution in [0.4, 0.5) is 0 Å². The van der Waals surface area contributed by atoms with Crippen LogP contribution >= 0.6 is 15.9 Å². The molecular formula is C28H38BrNO18. The minimum Gasteiger partial charge on any atom is -0.466 e. The predicted octanol–water partition coefficient (Wildman–Crippen LogP) is -0.583. The Morgan fingerprint density at radius 1 is 0.667 bits per heavy atom. The molecule has 0 bridgehead atoms. The standard InChI is InChI=1S/C28H38BrNO18/c1-11(31)30(12(2)32)19-21(43-15(5)35)20(42-14(4)34)18(10-41-13(3)33)46-25(19)47-24-22(44-16(6)36)23(45-17(7)37)26(39-8)48-28(24,29)27(38)40-9/h18-26H,10H2,1-9H3/t18-,19-,20+,21-,22-,23-,24+,25+,26-,28+/m1/s1. The molecule has 0 unspecified atom stereocenters. The molecule has 20 heteroatoms. The molecule has 0 aromatic heterocycles. The van der Waals surface area contributed by atoms with Gasteiger partial charge in [-0.25, -0.2) is 4.79 Å². The molecule has 10 atom stereocenters. The number of rotatable bonds is 11. The number of halogens is 1. The van der Waals surface area contributed by atoms with Crippen molar-refractivity contribution in [1.82, 2.24) is 4.90 Å². The number of nitrogens with zero attached hydrogens (tertiary/aromatic N) is 1. The normalized spacial score (nSPS) is 31.3. The summed E-state index contributed by atoms with van der Waals surface area (Å²) in [6.07, 6.45) is -13.8. The summed E-state index contributed by atoms with van der Waals surface area (Å²) in [5.41, 5.74) is 0. The van der Waals surface area contributed by atoms with E-state index in [0.29, 0.717) is 4.90 Å². The van der Waals surface area contributed by atoms with E-state index in [1.165, 1.54) is 0 Å². The summed E-state index contributed by atoms with van der Waals surface area (Å²) in [6.45, 7) is 6.42. The predicted molar refractivity (Wildman–Crippen MR) is 155 cm³/mol. The lowest BCUT2D eigenvalue weighted by Crippen LogP contribution is -2.72. The smallest absolute Gasteiger partial charge is 0.352 e. The van der Waals surface area contributed by atoms with Gasteiger partial charge in [0.2, 0.25) is 18.1 Å². The molecule has 2 rings (SSSR count). The van der Waals surface area contributed by atoms with Crippen molar-refractivity contribution in [3.05, 3.63) is 0 Å². The highest BCUT2D eigenvalue weighted by molar-refractivity contribution is 9.10. The Bertz CT molecular complexity index is 1260. The van der Waals surface area contributed by atoms with Gasteiger partial charge in [0.05, 0.1) is 7.11 Å². The SMILES string of the molecule is COC(=O)[C@@]1(Br)O[C@@H](OC)[C@H](OC(C)=O)[C@@H](OC(C)=O)[C@@H]1O[C@@H]1O[C@H](COC(C)=O)[C@H](OC(C)=O)[C@H](OC(C)=O)[C@H]1N(C(C)=O)C(C)=O. The molecule has 0 aliphatic carbocycles. The van der Waals surface area contributed by atoms with Gasteiger partial charge in [0, 0.05) is 55.6 Å². The summed E-state index contributed by atoms with van der Waals surface area (Å²) < 4.78 is 52.7. The van der Waals surface area contributed by atoms with Crippen molar-refractivity contribution in [1.29, 1.82) is 0 Å². The van der Waals surface area contributed by atoms with Gasteiger partial charge >= 0.3 is 35.8 Å². The minimum atomic E-state index is -2.46. The van der Waals surface area contributed by atoms with Crippen molar-refractivity contribution in [2.24, 2.45) is 0 Å². The zero-order chi connectivity index (χ0) is 36.7. The van der Waals surface area contributed by atoms with Crippen molar-refractivity contribution < 1.29 is 85.7 Å². The average Bonchev–Trinajstić information content (AvgIpc) is 2.95. The second-order valence-corrected chi connectivity index (χ2v) is 11.6. The maximum atomic E-state index is 13.3. The first-order chi connectivity index (χ1) is 22.3. The van der Waals surface area contributed by atoms with E-state index < -0.39 is 114 Å². The summed E-state index contributed by atoms with van der Waals surface area (Å²) in [5, 5.41) is 0. The van der Waals surface area contributed by atoms with Crippen LogP contribution in [0.1, 0.15) is 48.5 Å². The number of hydrogen-bond donors (Lipinski definition) is 0. The number of methoxy groups -OCH3 is 2. The van der Waals surface area contributed by atoms with Gasteiger partial charge in [-0.3, -0.25) is 38.5 Å². The Morgan fingerprint density at radius 2 is 1.15 bits per heavy atom. The van der Waals surface area contributed by atoms with Crippen LogP contribution in [-0.2, 0) is 85.7 Å². The number of carbonyl (C=O) groups excluding carboxylic acids is 8. The molecular weight excluding hydrogens is 718 g/mol. The molecule has 2 amide bonds. The van der Waals surface area contributed by atoms with Crippen LogP contribution in [0, 0.1) is 0 Å². The molecule has 0 spiro atoms. The Morgan fingerprint density at radius 3 is 1.58 bits per heavy atom. The first-order valence-electron chi connectivity index (χ1n) is 14.2. The summed E-state index contributed by atoms with van der Waals surface area (Å²) in [5.74, 6) is -7.58. The Hall–Kier alpha value is -3.72. The van der Waals surface area contributed by atoms with E-state index in [9.17, 15) is 38.4 Å². The number of esters is 6. The molecule has 19 nitrogen and oxygen atoms in total. The highest BCUT2D eigenvalue weighted by Gasteiger charge is 2.65. The van der Waals surface area contributed by atoms with Crippen LogP contribution in [0.3, 0.4) is 0 Å². The van der Waals surface area contributed by atoms with E-state index in [-0.39, 0.29) is 0 Å². The Balaban J connectivity index is 2.93. The largest absolute Gasteiger partial charge is 0.466 e. The van der Waals surface area contributed by atoms with E-state index in [0.717, 1.165) is 62.7 Å². The van der Waals surface area contributed by atoms with E-state index in [1.807, 2.05) is 0 Å². The van der Waals surface area contributed by atoms with Gasteiger partial charge in [-0.2, -0.15) is 0 Å². The van der Waals surface area contributed by atoms with E-state index in [1.54, 1.807) is 0 Å². The van der Waals surface area contributed by atoms with Crippen molar-refractivity contribution >= 4 is 63.6 Å². The summed E-state index contributed by atoms with van der Waals surface area (Å²) in [7, 11) is 2.11. The van der Waals surface area contributed by atoms with E-state index in [4.69, 9.17) is 47.4 Å². The number of carbonyl (C=O) groups is 8. The van der Waals surface area contributed by atoms with Gasteiger partial charge in [0.1, 0.15) is 18.8 Å². The highest BCUT2D eigenvalue weighted by Crippen LogP contribution is 2.43. The van der Waals surface area contributed by atoms with Gasteiger partial charge < -0.3 is 47.4 Å². The second kappa shape index (κ2) is 17.1. The first-order valence-corrected chi connectivity index (χ1v) is 15.0. The maximum Gasteiger partial charge on any atom is 0.352 e. The molecule has 48 heavy (non-hydrogen) atoms. The molecule has 0 N–H and O–H groups in total. The third-order valence-corrected chi connectivity index (χ3v) is 7.73. The number of hydrogen-bond acceptors (Lipinski definition) is 18. The highest BCUT2D eigenvalue weighted by atomic mass is 79.9. The molecule has 0 radical (unpaired) electrons. The molecule has 2 heterocycles. The van der Waals surface area contributed by atoms with Crippen LogP contribution in [-0.4, -0.2) is 133 Å². The second-order valence-electron chi connectivity index (χ2n) is 10.5. The molecule has 0 aromatic rings. The van der Waals surface area contributed by atoms with Gasteiger partial charge in [0.25, 0.3) is 4.51 Å². The number of ether oxygens (including phenoxy) is 10. The van der Waals surface area contributed by atoms with E-state index >= 15 is 0 Å². The van der Waals surface area contributed by atoms with Crippen LogP contribution in [0.15, 0.2) is 0 Å². The van der Waals surface area contributed by atoms with Crippen molar-refractivity contribution in [3.63, 3.8) is 0 Å². The fourth-order valence-corrected chi connectivity index (χ4v) is 5.90. The van der Waals surface area contributed by atoms with Crippen LogP contribution in [0.2, 0.25) is 0 Å². The van der Waals surface area contributed by atoms with Crippen molar-refractivity contribution in [2.75, 3.05) is 20.8 Å². The zero-order valence-electron chi connectivity index (χ0n) is 27.6. The third kappa shape index (κ3) is 9.68. The van der Waals surface area contributed by atoms with E-state index in [2.05, 4.69) is 15.9 Å². The van der Waals surface area contributed by atoms with Gasteiger partial charge in [0.15, 0.2) is 36.8 Å². The summed E-state index contributed by atoms with van der Waals surface area (Å²) in [4.78, 5) is 101. The minimum absolute atomic E-state index is 0.580. The molecule has 2 saturated heterocycles. The Labute approximate surface area is 283 Å². The average molecular weight is 757 g/mol. The lowest BCUT2D eigenvalue weighted by molar-refractivity contribution is -0.350. The fourth-order valence-electron chi connectivity index (χ4n) is 5.18. The fraction of sp³-hybridized carbons (Fsp3) is 0.714. The molecule has 270 valence electrons. The number of imide groups is 1. The van der Waals surface area contributed by atoms with Crippen molar-refractivity contribution in [3.8, 4) is 0 Å². The van der Waals surface area contributed by atoms with Crippen LogP contribution in [0.25, 0.3) is 0 Å². The van der Waals surface area contributed by atoms with Crippen molar-refractivity contribution in [2.45, 2.75) is 108 Å². The van der Waals surface area contributed by atoms with Gasteiger partial charge in [-0.1, -0.05) is 0 Å². The van der Waals surface area contributed by atoms with Gasteiger partial charge in [-0.05, 0) is 15.9 Å². The lowest BCUT2D eigenvalue weighted by atomic mass is 9.93. The topological polar surface area (TPSA) is 232 Å². The zero-order valence-corrected chi connectivity index (χ0v) is 29.2. The lowest BCUT2D eigenvalue weighted by Gasteiger charge is -2.51. The maximum absolute atomic E-state index is 13.3. The molecule has 2 aliphatic heterocycles.